The Balaban J connectivity index is 1.73. The van der Waals surface area contributed by atoms with E-state index in [4.69, 9.17) is 0 Å². The smallest absolute Gasteiger partial charge is 0.266 e. The number of aromatic amines is 1. The van der Waals surface area contributed by atoms with Gasteiger partial charge in [0.2, 0.25) is 0 Å². The molecule has 2 aromatic rings. The predicted molar refractivity (Wildman–Crippen MR) is 83.8 cm³/mol. The first-order chi connectivity index (χ1) is 10.8. The van der Waals surface area contributed by atoms with Crippen molar-refractivity contribution in [3.8, 4) is 6.07 Å². The molecule has 1 aliphatic rings. The Kier molecular flexibility index (Phi) is 4.05. The van der Waals surface area contributed by atoms with Gasteiger partial charge in [-0.25, -0.2) is 4.98 Å². The number of anilines is 1. The van der Waals surface area contributed by atoms with Crippen molar-refractivity contribution < 1.29 is 4.79 Å². The van der Waals surface area contributed by atoms with Crippen LogP contribution in [0.1, 0.15) is 19.3 Å². The number of carbonyl (C=O) groups is 1. The molecule has 0 atom stereocenters. The summed E-state index contributed by atoms with van der Waals surface area (Å²) >= 11 is 0. The van der Waals surface area contributed by atoms with Crippen molar-refractivity contribution in [2.75, 3.05) is 18.4 Å². The molecule has 1 aromatic heterocycles. The van der Waals surface area contributed by atoms with E-state index in [1.165, 1.54) is 6.20 Å². The first-order valence-corrected chi connectivity index (χ1v) is 7.37. The zero-order chi connectivity index (χ0) is 15.4. The second-order valence-corrected chi connectivity index (χ2v) is 5.30. The van der Waals surface area contributed by atoms with Gasteiger partial charge in [-0.05, 0) is 37.5 Å². The van der Waals surface area contributed by atoms with Gasteiger partial charge in [-0.15, -0.1) is 0 Å². The van der Waals surface area contributed by atoms with E-state index in [9.17, 15) is 10.1 Å². The number of H-pyrrole nitrogens is 1. The molecule has 0 radical (unpaired) electrons. The van der Waals surface area contributed by atoms with E-state index < -0.39 is 0 Å². The fourth-order valence-corrected chi connectivity index (χ4v) is 2.59. The topological polar surface area (TPSA) is 84.8 Å². The van der Waals surface area contributed by atoms with Gasteiger partial charge in [-0.1, -0.05) is 0 Å². The van der Waals surface area contributed by atoms with Crippen LogP contribution in [0.3, 0.4) is 0 Å². The van der Waals surface area contributed by atoms with Crippen LogP contribution in [-0.2, 0) is 4.79 Å². The minimum Gasteiger partial charge on any atom is -0.360 e. The van der Waals surface area contributed by atoms with E-state index in [2.05, 4.69) is 15.3 Å². The number of aromatic nitrogens is 2. The van der Waals surface area contributed by atoms with Gasteiger partial charge in [-0.2, -0.15) is 5.26 Å². The van der Waals surface area contributed by atoms with Crippen molar-refractivity contribution in [2.24, 2.45) is 0 Å². The van der Waals surface area contributed by atoms with E-state index in [1.54, 1.807) is 11.2 Å². The first kappa shape index (κ1) is 14.1. The molecule has 0 saturated carbocycles. The lowest BCUT2D eigenvalue weighted by atomic mass is 10.1. The summed E-state index contributed by atoms with van der Waals surface area (Å²) in [6, 6.07) is 7.61. The van der Waals surface area contributed by atoms with Crippen molar-refractivity contribution >= 4 is 22.6 Å². The summed E-state index contributed by atoms with van der Waals surface area (Å²) in [5, 5.41) is 12.2. The predicted octanol–water partition coefficient (Wildman–Crippen LogP) is 2.39. The number of carbonyl (C=O) groups excluding carboxylic acids is 1. The van der Waals surface area contributed by atoms with Crippen LogP contribution >= 0.6 is 0 Å². The number of nitriles is 1. The van der Waals surface area contributed by atoms with Gasteiger partial charge in [0.15, 0.2) is 0 Å². The molecule has 0 spiro atoms. The molecule has 1 amide bonds. The Morgan fingerprint density at radius 1 is 1.36 bits per heavy atom. The average molecular weight is 295 g/mol. The van der Waals surface area contributed by atoms with E-state index in [-0.39, 0.29) is 11.5 Å². The standard InChI is InChI=1S/C16H17N5O/c17-9-12(16(22)21-6-2-1-3-7-21)10-18-13-4-5-14-15(8-13)20-11-19-14/h4-5,8,10-11,18H,1-3,6-7H2,(H,19,20)/b12-10-. The Morgan fingerprint density at radius 3 is 2.95 bits per heavy atom. The van der Waals surface area contributed by atoms with Gasteiger partial charge < -0.3 is 15.2 Å². The number of hydrogen-bond donors (Lipinski definition) is 2. The van der Waals surface area contributed by atoms with Crippen LogP contribution in [0.25, 0.3) is 11.0 Å². The van der Waals surface area contributed by atoms with Crippen LogP contribution in [0.2, 0.25) is 0 Å². The Labute approximate surface area is 128 Å². The monoisotopic (exact) mass is 295 g/mol. The Bertz CT molecular complexity index is 749. The SMILES string of the molecule is N#C/C(=C/Nc1ccc2nc[nH]c2c1)C(=O)N1CCCCC1. The maximum atomic E-state index is 12.3. The normalized spacial score (nSPS) is 15.6. The Hall–Kier alpha value is -2.81. The summed E-state index contributed by atoms with van der Waals surface area (Å²) in [6.07, 6.45) is 6.28. The third-order valence-electron chi connectivity index (χ3n) is 3.80. The number of amides is 1. The molecule has 1 fully saturated rings. The number of benzene rings is 1. The molecule has 0 aliphatic carbocycles. The molecule has 1 aliphatic heterocycles. The highest BCUT2D eigenvalue weighted by atomic mass is 16.2. The third-order valence-corrected chi connectivity index (χ3v) is 3.80. The highest BCUT2D eigenvalue weighted by Gasteiger charge is 2.20. The van der Waals surface area contributed by atoms with Gasteiger partial charge in [0, 0.05) is 25.0 Å². The molecular weight excluding hydrogens is 278 g/mol. The molecule has 1 saturated heterocycles. The van der Waals surface area contributed by atoms with Crippen LogP contribution in [0.4, 0.5) is 5.69 Å². The summed E-state index contributed by atoms with van der Waals surface area (Å²) in [5.74, 6) is -0.197. The van der Waals surface area contributed by atoms with E-state index in [0.717, 1.165) is 49.1 Å². The van der Waals surface area contributed by atoms with E-state index in [1.807, 2.05) is 24.3 Å². The second kappa shape index (κ2) is 6.31. The van der Waals surface area contributed by atoms with E-state index in [0.29, 0.717) is 0 Å². The van der Waals surface area contributed by atoms with Crippen molar-refractivity contribution in [3.63, 3.8) is 0 Å². The fraction of sp³-hybridized carbons (Fsp3) is 0.312. The molecule has 22 heavy (non-hydrogen) atoms. The number of nitrogens with zero attached hydrogens (tertiary/aromatic N) is 3. The van der Waals surface area contributed by atoms with Crippen LogP contribution in [0.5, 0.6) is 0 Å². The third kappa shape index (κ3) is 2.93. The van der Waals surface area contributed by atoms with E-state index >= 15 is 0 Å². The number of rotatable bonds is 3. The van der Waals surface area contributed by atoms with Crippen molar-refractivity contribution in [1.29, 1.82) is 5.26 Å². The van der Waals surface area contributed by atoms with Gasteiger partial charge in [-0.3, -0.25) is 4.79 Å². The van der Waals surface area contributed by atoms with Gasteiger partial charge >= 0.3 is 0 Å². The molecular formula is C16H17N5O. The largest absolute Gasteiger partial charge is 0.360 e. The number of piperidine rings is 1. The molecule has 2 heterocycles. The minimum atomic E-state index is -0.197. The van der Waals surface area contributed by atoms with Crippen LogP contribution < -0.4 is 5.32 Å². The molecule has 6 heteroatoms. The number of nitrogens with one attached hydrogen (secondary N) is 2. The quantitative estimate of drug-likeness (QED) is 0.672. The molecule has 2 N–H and O–H groups in total. The first-order valence-electron chi connectivity index (χ1n) is 7.37. The molecule has 112 valence electrons. The van der Waals surface area contributed by atoms with Crippen LogP contribution in [0, 0.1) is 11.3 Å². The summed E-state index contributed by atoms with van der Waals surface area (Å²) in [7, 11) is 0. The number of fused-ring (bicyclic) bond motifs is 1. The average Bonchev–Trinajstić information content (AvgIpc) is 3.03. The van der Waals surface area contributed by atoms with Crippen LogP contribution in [-0.4, -0.2) is 33.9 Å². The molecule has 1 aromatic carbocycles. The maximum Gasteiger partial charge on any atom is 0.266 e. The number of likely N-dealkylation sites (tertiary alicyclic amines) is 1. The highest BCUT2D eigenvalue weighted by molar-refractivity contribution is 5.97. The zero-order valence-electron chi connectivity index (χ0n) is 12.2. The van der Waals surface area contributed by atoms with Crippen molar-refractivity contribution in [3.05, 3.63) is 36.3 Å². The lowest BCUT2D eigenvalue weighted by molar-refractivity contribution is -0.127. The maximum absolute atomic E-state index is 12.3. The number of imidazole rings is 1. The molecule has 0 unspecified atom stereocenters. The van der Waals surface area contributed by atoms with Gasteiger partial charge in [0.25, 0.3) is 5.91 Å². The van der Waals surface area contributed by atoms with Crippen LogP contribution in [0.15, 0.2) is 36.3 Å². The molecule has 6 nitrogen and oxygen atoms in total. The summed E-state index contributed by atoms with van der Waals surface area (Å²) in [5.41, 5.74) is 2.71. The zero-order valence-corrected chi connectivity index (χ0v) is 12.2. The van der Waals surface area contributed by atoms with Crippen molar-refractivity contribution in [1.82, 2.24) is 14.9 Å². The highest BCUT2D eigenvalue weighted by Crippen LogP contribution is 2.16. The van der Waals surface area contributed by atoms with Crippen molar-refractivity contribution in [2.45, 2.75) is 19.3 Å². The fourth-order valence-electron chi connectivity index (χ4n) is 2.59. The second-order valence-electron chi connectivity index (χ2n) is 5.30. The number of hydrogen-bond acceptors (Lipinski definition) is 4. The minimum absolute atomic E-state index is 0.131. The van der Waals surface area contributed by atoms with Gasteiger partial charge in [0.1, 0.15) is 11.6 Å². The summed E-state index contributed by atoms with van der Waals surface area (Å²) in [6.45, 7) is 1.47. The molecule has 3 rings (SSSR count). The summed E-state index contributed by atoms with van der Waals surface area (Å²) < 4.78 is 0. The lowest BCUT2D eigenvalue weighted by Gasteiger charge is -2.26. The van der Waals surface area contributed by atoms with Gasteiger partial charge in [0.05, 0.1) is 17.4 Å². The molecule has 0 bridgehead atoms. The lowest BCUT2D eigenvalue weighted by Crippen LogP contribution is -2.36. The Morgan fingerprint density at radius 2 is 2.18 bits per heavy atom. The summed E-state index contributed by atoms with van der Waals surface area (Å²) in [4.78, 5) is 21.2.